The number of hydrogen-bond acceptors (Lipinski definition) is 6. The molecule has 7 heteroatoms. The maximum absolute atomic E-state index is 11.5. The molecular formula is C10H16N4O2S. The summed E-state index contributed by atoms with van der Waals surface area (Å²) in [5, 5.41) is 3.11. The largest absolute Gasteiger partial charge is 0.384 e. The molecule has 17 heavy (non-hydrogen) atoms. The first-order chi connectivity index (χ1) is 7.94. The lowest BCUT2D eigenvalue weighted by Crippen LogP contribution is -2.35. The fraction of sp³-hybridized carbons (Fsp3) is 0.600. The predicted molar refractivity (Wildman–Crippen MR) is 66.5 cm³/mol. The molecule has 0 spiro atoms. The first-order valence-corrected chi connectivity index (χ1v) is 7.35. The van der Waals surface area contributed by atoms with Crippen molar-refractivity contribution < 1.29 is 8.42 Å². The molecule has 6 nitrogen and oxygen atoms in total. The summed E-state index contributed by atoms with van der Waals surface area (Å²) in [4.78, 5) is 8.14. The number of nitrogens with zero attached hydrogens (tertiary/aromatic N) is 2. The normalized spacial score (nSPS) is 23.2. The molecule has 2 rings (SSSR count). The second-order valence-corrected chi connectivity index (χ2v) is 6.55. The Bertz CT molecular complexity index is 495. The Hall–Kier alpha value is -1.37. The quantitative estimate of drug-likeness (QED) is 0.792. The zero-order valence-corrected chi connectivity index (χ0v) is 10.5. The zero-order valence-electron chi connectivity index (χ0n) is 9.68. The van der Waals surface area contributed by atoms with Gasteiger partial charge >= 0.3 is 0 Å². The molecule has 1 unspecified atom stereocenters. The number of sulfone groups is 1. The van der Waals surface area contributed by atoms with Crippen molar-refractivity contribution in [2.75, 3.05) is 22.6 Å². The van der Waals surface area contributed by atoms with Gasteiger partial charge in [-0.1, -0.05) is 0 Å². The Balaban J connectivity index is 2.10. The van der Waals surface area contributed by atoms with Crippen molar-refractivity contribution in [1.82, 2.24) is 9.97 Å². The van der Waals surface area contributed by atoms with Crippen molar-refractivity contribution in [3.63, 3.8) is 0 Å². The van der Waals surface area contributed by atoms with E-state index in [4.69, 9.17) is 5.73 Å². The van der Waals surface area contributed by atoms with Crippen LogP contribution in [0, 0.1) is 6.92 Å². The molecule has 0 aliphatic carbocycles. The standard InChI is InChI=1S/C10H16N4O2S/c1-7-12-9(11)5-10(13-7)14-8-3-2-4-17(15,16)6-8/h5,8H,2-4,6H2,1H3,(H3,11,12,13,14). The minimum absolute atomic E-state index is 0.0811. The van der Waals surface area contributed by atoms with E-state index in [0.717, 1.165) is 6.42 Å². The van der Waals surface area contributed by atoms with Crippen molar-refractivity contribution in [2.45, 2.75) is 25.8 Å². The van der Waals surface area contributed by atoms with Crippen LogP contribution in [-0.4, -0.2) is 35.9 Å². The molecule has 2 heterocycles. The van der Waals surface area contributed by atoms with E-state index in [1.54, 1.807) is 13.0 Å². The van der Waals surface area contributed by atoms with Gasteiger partial charge in [-0.3, -0.25) is 0 Å². The summed E-state index contributed by atoms with van der Waals surface area (Å²) >= 11 is 0. The molecule has 1 aliphatic rings. The van der Waals surface area contributed by atoms with Gasteiger partial charge in [0.2, 0.25) is 0 Å². The second kappa shape index (κ2) is 4.48. The lowest BCUT2D eigenvalue weighted by atomic mass is 10.2. The van der Waals surface area contributed by atoms with Crippen molar-refractivity contribution in [3.05, 3.63) is 11.9 Å². The Kier molecular flexibility index (Phi) is 3.19. The fourth-order valence-corrected chi connectivity index (χ4v) is 3.65. The number of anilines is 2. The number of rotatable bonds is 2. The van der Waals surface area contributed by atoms with Gasteiger partial charge < -0.3 is 11.1 Å². The smallest absolute Gasteiger partial charge is 0.152 e. The van der Waals surface area contributed by atoms with E-state index in [1.165, 1.54) is 0 Å². The number of nitrogens with two attached hydrogens (primary N) is 1. The van der Waals surface area contributed by atoms with Crippen LogP contribution in [0.5, 0.6) is 0 Å². The van der Waals surface area contributed by atoms with Crippen LogP contribution in [0.3, 0.4) is 0 Å². The highest BCUT2D eigenvalue weighted by atomic mass is 32.2. The summed E-state index contributed by atoms with van der Waals surface area (Å²) in [6, 6.07) is 1.54. The van der Waals surface area contributed by atoms with Gasteiger partial charge in [0.15, 0.2) is 9.84 Å². The molecule has 0 amide bonds. The van der Waals surface area contributed by atoms with Crippen molar-refractivity contribution in [3.8, 4) is 0 Å². The molecule has 1 saturated heterocycles. The molecule has 1 aromatic rings. The summed E-state index contributed by atoms with van der Waals surface area (Å²) in [6.45, 7) is 1.75. The molecule has 3 N–H and O–H groups in total. The number of aromatic nitrogens is 2. The van der Waals surface area contributed by atoms with Crippen molar-refractivity contribution in [1.29, 1.82) is 0 Å². The summed E-state index contributed by atoms with van der Waals surface area (Å²) < 4.78 is 23.0. The van der Waals surface area contributed by atoms with Gasteiger partial charge in [0.25, 0.3) is 0 Å². The highest BCUT2D eigenvalue weighted by molar-refractivity contribution is 7.91. The summed E-state index contributed by atoms with van der Waals surface area (Å²) in [5.41, 5.74) is 5.61. The number of hydrogen-bond donors (Lipinski definition) is 2. The number of nitrogens with one attached hydrogen (secondary N) is 1. The molecular weight excluding hydrogens is 240 g/mol. The van der Waals surface area contributed by atoms with Crippen LogP contribution < -0.4 is 11.1 Å². The third-order valence-corrected chi connectivity index (χ3v) is 4.49. The Labute approximate surface area is 101 Å². The molecule has 0 aromatic carbocycles. The lowest BCUT2D eigenvalue weighted by Gasteiger charge is -2.23. The van der Waals surface area contributed by atoms with Crippen LogP contribution in [-0.2, 0) is 9.84 Å². The van der Waals surface area contributed by atoms with E-state index in [1.807, 2.05) is 0 Å². The highest BCUT2D eigenvalue weighted by Gasteiger charge is 2.24. The lowest BCUT2D eigenvalue weighted by molar-refractivity contribution is 0.561. The van der Waals surface area contributed by atoms with Crippen LogP contribution in [0.25, 0.3) is 0 Å². The van der Waals surface area contributed by atoms with Crippen LogP contribution >= 0.6 is 0 Å². The van der Waals surface area contributed by atoms with Crippen LogP contribution in [0.15, 0.2) is 6.07 Å². The second-order valence-electron chi connectivity index (χ2n) is 4.32. The summed E-state index contributed by atoms with van der Waals surface area (Å²) in [5.74, 6) is 2.01. The van der Waals surface area contributed by atoms with Gasteiger partial charge in [-0.25, -0.2) is 18.4 Å². The maximum Gasteiger partial charge on any atom is 0.152 e. The summed E-state index contributed by atoms with van der Waals surface area (Å²) in [6.07, 6.45) is 1.53. The van der Waals surface area contributed by atoms with E-state index in [0.29, 0.717) is 23.9 Å². The van der Waals surface area contributed by atoms with Gasteiger partial charge in [0, 0.05) is 12.1 Å². The first-order valence-electron chi connectivity index (χ1n) is 5.53. The third kappa shape index (κ3) is 3.29. The Morgan fingerprint density at radius 3 is 2.88 bits per heavy atom. The molecule has 0 radical (unpaired) electrons. The van der Waals surface area contributed by atoms with E-state index in [9.17, 15) is 8.42 Å². The highest BCUT2D eigenvalue weighted by Crippen LogP contribution is 2.17. The monoisotopic (exact) mass is 256 g/mol. The SMILES string of the molecule is Cc1nc(N)cc(NC2CCCS(=O)(=O)C2)n1. The molecule has 0 bridgehead atoms. The van der Waals surface area contributed by atoms with Gasteiger partial charge in [0.1, 0.15) is 17.5 Å². The van der Waals surface area contributed by atoms with Crippen molar-refractivity contribution in [2.24, 2.45) is 0 Å². The van der Waals surface area contributed by atoms with Crippen LogP contribution in [0.2, 0.25) is 0 Å². The van der Waals surface area contributed by atoms with Crippen LogP contribution in [0.1, 0.15) is 18.7 Å². The molecule has 1 aliphatic heterocycles. The predicted octanol–water partition coefficient (Wildman–Crippen LogP) is 0.356. The minimum atomic E-state index is -2.91. The van der Waals surface area contributed by atoms with E-state index in [2.05, 4.69) is 15.3 Å². The van der Waals surface area contributed by atoms with Gasteiger partial charge in [0.05, 0.1) is 11.5 Å². The minimum Gasteiger partial charge on any atom is -0.384 e. The van der Waals surface area contributed by atoms with Gasteiger partial charge in [-0.2, -0.15) is 0 Å². The number of nitrogen functional groups attached to an aromatic ring is 1. The fourth-order valence-electron chi connectivity index (χ4n) is 2.01. The molecule has 1 atom stereocenters. The van der Waals surface area contributed by atoms with Gasteiger partial charge in [-0.15, -0.1) is 0 Å². The van der Waals surface area contributed by atoms with Crippen molar-refractivity contribution >= 4 is 21.5 Å². The molecule has 1 fully saturated rings. The van der Waals surface area contributed by atoms with E-state index < -0.39 is 9.84 Å². The average molecular weight is 256 g/mol. The summed E-state index contributed by atoms with van der Waals surface area (Å²) in [7, 11) is -2.91. The third-order valence-electron chi connectivity index (χ3n) is 2.67. The van der Waals surface area contributed by atoms with Gasteiger partial charge in [-0.05, 0) is 19.8 Å². The Morgan fingerprint density at radius 1 is 1.47 bits per heavy atom. The van der Waals surface area contributed by atoms with Crippen LogP contribution in [0.4, 0.5) is 11.6 Å². The first kappa shape index (κ1) is 12.1. The average Bonchev–Trinajstić information content (AvgIpc) is 2.13. The zero-order chi connectivity index (χ0) is 12.5. The maximum atomic E-state index is 11.5. The Morgan fingerprint density at radius 2 is 2.24 bits per heavy atom. The molecule has 94 valence electrons. The molecule has 0 saturated carbocycles. The van der Waals surface area contributed by atoms with E-state index >= 15 is 0 Å². The molecule has 1 aromatic heterocycles. The van der Waals surface area contributed by atoms with E-state index in [-0.39, 0.29) is 17.5 Å². The topological polar surface area (TPSA) is 98.0 Å². The number of aryl methyl sites for hydroxylation is 1.